The number of alkyl halides is 1. The standard InChI is InChI=1S/C14H14ClNO4/c1-19-9-8-10-2-4-11(5-3-10)14(15)12-6-7-13(20-12)16(17)18/h2-7,14H,8-9H2,1H3. The maximum absolute atomic E-state index is 10.6. The molecule has 0 aliphatic rings. The van der Waals surface area contributed by atoms with E-state index >= 15 is 0 Å². The molecule has 0 radical (unpaired) electrons. The van der Waals surface area contributed by atoms with Crippen LogP contribution in [0.5, 0.6) is 0 Å². The van der Waals surface area contributed by atoms with E-state index in [-0.39, 0.29) is 5.88 Å². The Kier molecular flexibility index (Phi) is 4.76. The summed E-state index contributed by atoms with van der Waals surface area (Å²) in [6.07, 6.45) is 0.829. The first-order valence-electron chi connectivity index (χ1n) is 6.08. The van der Waals surface area contributed by atoms with E-state index in [9.17, 15) is 10.1 Å². The maximum atomic E-state index is 10.6. The van der Waals surface area contributed by atoms with E-state index in [0.717, 1.165) is 17.5 Å². The molecule has 0 bridgehead atoms. The van der Waals surface area contributed by atoms with Gasteiger partial charge in [0, 0.05) is 7.11 Å². The predicted molar refractivity (Wildman–Crippen MR) is 75.1 cm³/mol. The van der Waals surface area contributed by atoms with Gasteiger partial charge in [-0.1, -0.05) is 24.3 Å². The molecule has 0 saturated carbocycles. The Morgan fingerprint density at radius 1 is 1.30 bits per heavy atom. The monoisotopic (exact) mass is 295 g/mol. The number of nitro groups is 1. The fourth-order valence-electron chi connectivity index (χ4n) is 1.81. The molecule has 1 aromatic carbocycles. The molecule has 0 spiro atoms. The van der Waals surface area contributed by atoms with Crippen LogP contribution in [-0.2, 0) is 11.2 Å². The zero-order chi connectivity index (χ0) is 14.5. The van der Waals surface area contributed by atoms with Gasteiger partial charge in [-0.05, 0) is 23.6 Å². The van der Waals surface area contributed by atoms with Crippen molar-refractivity contribution >= 4 is 17.5 Å². The van der Waals surface area contributed by atoms with Gasteiger partial charge in [0.25, 0.3) is 0 Å². The van der Waals surface area contributed by atoms with Gasteiger partial charge in [0.1, 0.15) is 16.1 Å². The molecule has 2 aromatic rings. The van der Waals surface area contributed by atoms with Crippen molar-refractivity contribution in [1.82, 2.24) is 0 Å². The fourth-order valence-corrected chi connectivity index (χ4v) is 2.08. The third-order valence-corrected chi connectivity index (χ3v) is 3.38. The van der Waals surface area contributed by atoms with E-state index in [0.29, 0.717) is 12.4 Å². The van der Waals surface area contributed by atoms with Crippen LogP contribution in [0.4, 0.5) is 5.88 Å². The highest BCUT2D eigenvalue weighted by Crippen LogP contribution is 2.32. The van der Waals surface area contributed by atoms with Crippen LogP contribution in [0.25, 0.3) is 0 Å². The number of halogens is 1. The molecule has 1 aromatic heterocycles. The van der Waals surface area contributed by atoms with E-state index in [1.165, 1.54) is 12.1 Å². The lowest BCUT2D eigenvalue weighted by atomic mass is 10.1. The van der Waals surface area contributed by atoms with Gasteiger partial charge >= 0.3 is 5.88 Å². The zero-order valence-corrected chi connectivity index (χ0v) is 11.7. The Labute approximate surface area is 121 Å². The van der Waals surface area contributed by atoms with Gasteiger partial charge in [-0.2, -0.15) is 0 Å². The second-order valence-electron chi connectivity index (χ2n) is 4.28. The molecule has 20 heavy (non-hydrogen) atoms. The number of rotatable bonds is 6. The van der Waals surface area contributed by atoms with Crippen LogP contribution in [0.15, 0.2) is 40.8 Å². The summed E-state index contributed by atoms with van der Waals surface area (Å²) in [5, 5.41) is 10.0. The molecule has 0 amide bonds. The average Bonchev–Trinajstić information content (AvgIpc) is 2.95. The molecule has 1 unspecified atom stereocenters. The second-order valence-corrected chi connectivity index (χ2v) is 4.72. The summed E-state index contributed by atoms with van der Waals surface area (Å²) in [7, 11) is 1.66. The first-order valence-corrected chi connectivity index (χ1v) is 6.51. The van der Waals surface area contributed by atoms with Crippen LogP contribution in [0, 0.1) is 10.1 Å². The number of ether oxygens (including phenoxy) is 1. The smallest absolute Gasteiger partial charge is 0.404 e. The van der Waals surface area contributed by atoms with Gasteiger partial charge in [0.2, 0.25) is 0 Å². The SMILES string of the molecule is COCCc1ccc(C(Cl)c2ccc([N+](=O)[O-])o2)cc1. The van der Waals surface area contributed by atoms with Gasteiger partial charge in [0.05, 0.1) is 12.7 Å². The van der Waals surface area contributed by atoms with Crippen LogP contribution in [0.1, 0.15) is 22.3 Å². The molecule has 0 aliphatic heterocycles. The third kappa shape index (κ3) is 3.37. The van der Waals surface area contributed by atoms with Crippen LogP contribution < -0.4 is 0 Å². The quantitative estimate of drug-likeness (QED) is 0.463. The van der Waals surface area contributed by atoms with E-state index in [1.54, 1.807) is 7.11 Å². The van der Waals surface area contributed by atoms with Crippen molar-refractivity contribution in [2.24, 2.45) is 0 Å². The first kappa shape index (κ1) is 14.6. The fraction of sp³-hybridized carbons (Fsp3) is 0.286. The normalized spacial score (nSPS) is 12.3. The largest absolute Gasteiger partial charge is 0.433 e. The number of benzene rings is 1. The Morgan fingerprint density at radius 3 is 2.55 bits per heavy atom. The van der Waals surface area contributed by atoms with Crippen molar-refractivity contribution in [3.05, 3.63) is 63.4 Å². The van der Waals surface area contributed by atoms with Gasteiger partial charge in [-0.15, -0.1) is 11.6 Å². The van der Waals surface area contributed by atoms with E-state index < -0.39 is 10.3 Å². The van der Waals surface area contributed by atoms with E-state index in [2.05, 4.69) is 0 Å². The molecule has 1 atom stereocenters. The maximum Gasteiger partial charge on any atom is 0.433 e. The lowest BCUT2D eigenvalue weighted by Crippen LogP contribution is -1.96. The van der Waals surface area contributed by atoms with Gasteiger partial charge in [-0.25, -0.2) is 0 Å². The van der Waals surface area contributed by atoms with E-state index in [1.807, 2.05) is 24.3 Å². The molecule has 0 N–H and O–H groups in total. The van der Waals surface area contributed by atoms with Crippen molar-refractivity contribution in [3.63, 3.8) is 0 Å². The summed E-state index contributed by atoms with van der Waals surface area (Å²) in [4.78, 5) is 9.99. The summed E-state index contributed by atoms with van der Waals surface area (Å²) in [5.41, 5.74) is 1.97. The molecule has 106 valence electrons. The topological polar surface area (TPSA) is 65.5 Å². The minimum Gasteiger partial charge on any atom is -0.404 e. The molecule has 5 nitrogen and oxygen atoms in total. The Balaban J connectivity index is 2.11. The molecule has 0 fully saturated rings. The number of methoxy groups -OCH3 is 1. The molecule has 0 saturated heterocycles. The molecule has 6 heteroatoms. The first-order chi connectivity index (χ1) is 9.61. The molecular formula is C14H14ClNO4. The number of nitrogens with zero attached hydrogens (tertiary/aromatic N) is 1. The van der Waals surface area contributed by atoms with Gasteiger partial charge in [-0.3, -0.25) is 10.1 Å². The van der Waals surface area contributed by atoms with Crippen molar-refractivity contribution in [2.45, 2.75) is 11.8 Å². The summed E-state index contributed by atoms with van der Waals surface area (Å²) >= 11 is 6.27. The average molecular weight is 296 g/mol. The highest BCUT2D eigenvalue weighted by atomic mass is 35.5. The number of hydrogen-bond acceptors (Lipinski definition) is 4. The highest BCUT2D eigenvalue weighted by molar-refractivity contribution is 6.22. The van der Waals surface area contributed by atoms with Crippen molar-refractivity contribution in [2.75, 3.05) is 13.7 Å². The van der Waals surface area contributed by atoms with Crippen molar-refractivity contribution in [1.29, 1.82) is 0 Å². The second kappa shape index (κ2) is 6.54. The predicted octanol–water partition coefficient (Wildman–Crippen LogP) is 3.70. The summed E-state index contributed by atoms with van der Waals surface area (Å²) in [6.45, 7) is 0.661. The molecular weight excluding hydrogens is 282 g/mol. The zero-order valence-electron chi connectivity index (χ0n) is 10.9. The third-order valence-electron chi connectivity index (χ3n) is 2.91. The van der Waals surface area contributed by atoms with Gasteiger partial charge < -0.3 is 9.15 Å². The van der Waals surface area contributed by atoms with Crippen molar-refractivity contribution in [3.8, 4) is 0 Å². The van der Waals surface area contributed by atoms with E-state index in [4.69, 9.17) is 20.8 Å². The van der Waals surface area contributed by atoms with Crippen LogP contribution >= 0.6 is 11.6 Å². The number of furan rings is 1. The minimum absolute atomic E-state index is 0.303. The van der Waals surface area contributed by atoms with Gasteiger partial charge in [0.15, 0.2) is 0 Å². The lowest BCUT2D eigenvalue weighted by molar-refractivity contribution is -0.402. The summed E-state index contributed by atoms with van der Waals surface area (Å²) in [5.74, 6) is 0.0605. The number of hydrogen-bond donors (Lipinski definition) is 0. The van der Waals surface area contributed by atoms with Crippen molar-refractivity contribution < 1.29 is 14.1 Å². The van der Waals surface area contributed by atoms with Crippen LogP contribution in [0.3, 0.4) is 0 Å². The van der Waals surface area contributed by atoms with Crippen LogP contribution in [0.2, 0.25) is 0 Å². The summed E-state index contributed by atoms with van der Waals surface area (Å²) < 4.78 is 10.1. The summed E-state index contributed by atoms with van der Waals surface area (Å²) in [6, 6.07) is 10.5. The minimum atomic E-state index is -0.582. The lowest BCUT2D eigenvalue weighted by Gasteiger charge is -2.07. The Morgan fingerprint density at radius 2 is 2.00 bits per heavy atom. The molecule has 1 heterocycles. The van der Waals surface area contributed by atoms with Crippen LogP contribution in [-0.4, -0.2) is 18.6 Å². The molecule has 2 rings (SSSR count). The highest BCUT2D eigenvalue weighted by Gasteiger charge is 2.19. The Bertz CT molecular complexity index is 579. The molecule has 0 aliphatic carbocycles. The Hall–Kier alpha value is -1.85.